The van der Waals surface area contributed by atoms with E-state index in [4.69, 9.17) is 0 Å². The van der Waals surface area contributed by atoms with E-state index in [0.29, 0.717) is 13.0 Å². The lowest BCUT2D eigenvalue weighted by Crippen LogP contribution is -2.12. The highest BCUT2D eigenvalue weighted by molar-refractivity contribution is 9.10. The van der Waals surface area contributed by atoms with E-state index in [1.165, 1.54) is 0 Å². The van der Waals surface area contributed by atoms with Crippen LogP contribution >= 0.6 is 15.9 Å². The second-order valence-electron chi connectivity index (χ2n) is 2.81. The summed E-state index contributed by atoms with van der Waals surface area (Å²) < 4.78 is 38.5. The molecule has 0 bridgehead atoms. The molecule has 78 valence electrons. The predicted octanol–water partition coefficient (Wildman–Crippen LogP) is 2.63. The van der Waals surface area contributed by atoms with Gasteiger partial charge in [-0.3, -0.25) is 0 Å². The van der Waals surface area contributed by atoms with Crippen LogP contribution in [0.5, 0.6) is 0 Å². The van der Waals surface area contributed by atoms with E-state index in [1.54, 1.807) is 7.05 Å². The summed E-state index contributed by atoms with van der Waals surface area (Å²) in [4.78, 5) is 0. The van der Waals surface area contributed by atoms with Crippen molar-refractivity contribution in [3.63, 3.8) is 0 Å². The molecule has 14 heavy (non-hydrogen) atoms. The summed E-state index contributed by atoms with van der Waals surface area (Å²) in [7, 11) is 1.70. The van der Waals surface area contributed by atoms with E-state index in [1.807, 2.05) is 0 Å². The van der Waals surface area contributed by atoms with Crippen molar-refractivity contribution in [2.45, 2.75) is 6.42 Å². The molecule has 0 saturated heterocycles. The van der Waals surface area contributed by atoms with Crippen LogP contribution in [0.1, 0.15) is 5.56 Å². The lowest BCUT2D eigenvalue weighted by atomic mass is 10.1. The van der Waals surface area contributed by atoms with Crippen molar-refractivity contribution >= 4 is 15.9 Å². The molecule has 1 rings (SSSR count). The van der Waals surface area contributed by atoms with Crippen LogP contribution in [0.3, 0.4) is 0 Å². The number of rotatable bonds is 3. The van der Waals surface area contributed by atoms with Gasteiger partial charge < -0.3 is 5.32 Å². The highest BCUT2D eigenvalue weighted by Gasteiger charge is 2.15. The topological polar surface area (TPSA) is 12.0 Å². The molecule has 0 spiro atoms. The maximum atomic E-state index is 13.3. The maximum Gasteiger partial charge on any atom is 0.175 e. The molecule has 0 saturated carbocycles. The van der Waals surface area contributed by atoms with E-state index < -0.39 is 21.9 Å². The minimum Gasteiger partial charge on any atom is -0.319 e. The molecule has 0 aliphatic heterocycles. The van der Waals surface area contributed by atoms with Gasteiger partial charge in [0.2, 0.25) is 0 Å². The molecule has 1 aromatic rings. The van der Waals surface area contributed by atoms with E-state index in [9.17, 15) is 13.2 Å². The minimum absolute atomic E-state index is 0.158. The van der Waals surface area contributed by atoms with E-state index >= 15 is 0 Å². The van der Waals surface area contributed by atoms with Gasteiger partial charge in [0.15, 0.2) is 11.6 Å². The normalized spacial score (nSPS) is 10.6. The molecule has 0 atom stereocenters. The monoisotopic (exact) mass is 267 g/mol. The predicted molar refractivity (Wildman–Crippen MR) is 51.6 cm³/mol. The van der Waals surface area contributed by atoms with Crippen molar-refractivity contribution in [3.8, 4) is 0 Å². The highest BCUT2D eigenvalue weighted by atomic mass is 79.9. The number of likely N-dealkylation sites (N-methyl/N-ethyl adjacent to an activating group) is 1. The molecule has 1 aromatic carbocycles. The molecular weight excluding hydrogens is 259 g/mol. The lowest BCUT2D eigenvalue weighted by Gasteiger charge is -2.06. The van der Waals surface area contributed by atoms with Crippen LogP contribution in [-0.2, 0) is 6.42 Å². The Balaban J connectivity index is 3.06. The molecule has 0 fully saturated rings. The molecule has 0 amide bonds. The third-order valence-corrected chi connectivity index (χ3v) is 2.52. The molecule has 0 aliphatic rings. The Bertz CT molecular complexity index is 341. The zero-order valence-electron chi connectivity index (χ0n) is 7.50. The number of hydrogen-bond acceptors (Lipinski definition) is 1. The van der Waals surface area contributed by atoms with Crippen molar-refractivity contribution in [2.75, 3.05) is 13.6 Å². The minimum atomic E-state index is -1.18. The van der Waals surface area contributed by atoms with Gasteiger partial charge in [0, 0.05) is 0 Å². The molecule has 1 N–H and O–H groups in total. The third-order valence-electron chi connectivity index (χ3n) is 1.82. The number of nitrogens with one attached hydrogen (secondary N) is 1. The molecule has 0 radical (unpaired) electrons. The molecule has 0 unspecified atom stereocenters. The molecular formula is C9H9BrF3N. The van der Waals surface area contributed by atoms with Crippen LogP contribution in [0.2, 0.25) is 0 Å². The van der Waals surface area contributed by atoms with Crippen LogP contribution in [-0.4, -0.2) is 13.6 Å². The Morgan fingerprint density at radius 1 is 1.29 bits per heavy atom. The van der Waals surface area contributed by atoms with Gasteiger partial charge in [-0.2, -0.15) is 0 Å². The fourth-order valence-electron chi connectivity index (χ4n) is 1.06. The second kappa shape index (κ2) is 4.79. The first kappa shape index (κ1) is 11.5. The summed E-state index contributed by atoms with van der Waals surface area (Å²) in [5.74, 6) is -2.96. The molecule has 0 aromatic heterocycles. The van der Waals surface area contributed by atoms with Crippen molar-refractivity contribution in [3.05, 3.63) is 33.6 Å². The van der Waals surface area contributed by atoms with Gasteiger partial charge in [0.1, 0.15) is 5.82 Å². The Labute approximate surface area is 88.4 Å². The third kappa shape index (κ3) is 2.27. The molecule has 0 aliphatic carbocycles. The summed E-state index contributed by atoms with van der Waals surface area (Å²) in [5.41, 5.74) is 0.158. The first-order chi connectivity index (χ1) is 6.57. The summed E-state index contributed by atoms with van der Waals surface area (Å²) in [6.07, 6.45) is 0.318. The molecule has 0 heterocycles. The molecule has 5 heteroatoms. The number of hydrogen-bond donors (Lipinski definition) is 1. The van der Waals surface area contributed by atoms with Crippen LogP contribution in [0.4, 0.5) is 13.2 Å². The summed E-state index contributed by atoms with van der Waals surface area (Å²) in [6.45, 7) is 0.508. The van der Waals surface area contributed by atoms with Gasteiger partial charge in [-0.05, 0) is 47.6 Å². The fourth-order valence-corrected chi connectivity index (χ4v) is 1.51. The number of halogens is 4. The zero-order chi connectivity index (χ0) is 10.7. The second-order valence-corrected chi connectivity index (χ2v) is 3.61. The van der Waals surface area contributed by atoms with Gasteiger partial charge in [-0.1, -0.05) is 0 Å². The standard InChI is InChI=1S/C9H9BrF3N/c1-14-3-2-5-4-6(11)9(13)7(10)8(5)12/h4,14H,2-3H2,1H3. The lowest BCUT2D eigenvalue weighted by molar-refractivity contribution is 0.482. The van der Waals surface area contributed by atoms with Gasteiger partial charge >= 0.3 is 0 Å². The quantitative estimate of drug-likeness (QED) is 0.656. The average molecular weight is 268 g/mol. The summed E-state index contributed by atoms with van der Waals surface area (Å²) in [6, 6.07) is 0.882. The Morgan fingerprint density at radius 3 is 2.50 bits per heavy atom. The van der Waals surface area contributed by atoms with Crippen LogP contribution in [0.25, 0.3) is 0 Å². The zero-order valence-corrected chi connectivity index (χ0v) is 9.09. The van der Waals surface area contributed by atoms with E-state index in [2.05, 4.69) is 21.2 Å². The van der Waals surface area contributed by atoms with Crippen molar-refractivity contribution in [2.24, 2.45) is 0 Å². The first-order valence-corrected chi connectivity index (χ1v) is 4.83. The maximum absolute atomic E-state index is 13.3. The van der Waals surface area contributed by atoms with Gasteiger partial charge in [0.05, 0.1) is 4.47 Å². The van der Waals surface area contributed by atoms with Gasteiger partial charge in [0.25, 0.3) is 0 Å². The van der Waals surface area contributed by atoms with Crippen LogP contribution < -0.4 is 5.32 Å². The number of benzene rings is 1. The average Bonchev–Trinajstić information content (AvgIpc) is 2.18. The van der Waals surface area contributed by atoms with Crippen LogP contribution in [0.15, 0.2) is 10.5 Å². The van der Waals surface area contributed by atoms with Crippen LogP contribution in [0, 0.1) is 17.5 Å². The van der Waals surface area contributed by atoms with Gasteiger partial charge in [-0.25, -0.2) is 13.2 Å². The SMILES string of the molecule is CNCCc1cc(F)c(F)c(Br)c1F. The van der Waals surface area contributed by atoms with E-state index in [0.717, 1.165) is 6.07 Å². The van der Waals surface area contributed by atoms with E-state index in [-0.39, 0.29) is 5.56 Å². The highest BCUT2D eigenvalue weighted by Crippen LogP contribution is 2.25. The Morgan fingerprint density at radius 2 is 1.93 bits per heavy atom. The Hall–Kier alpha value is -0.550. The summed E-state index contributed by atoms with van der Waals surface area (Å²) >= 11 is 2.66. The summed E-state index contributed by atoms with van der Waals surface area (Å²) in [5, 5.41) is 2.80. The smallest absolute Gasteiger partial charge is 0.175 e. The van der Waals surface area contributed by atoms with Crippen molar-refractivity contribution in [1.82, 2.24) is 5.32 Å². The molecule has 1 nitrogen and oxygen atoms in total. The largest absolute Gasteiger partial charge is 0.319 e. The van der Waals surface area contributed by atoms with Gasteiger partial charge in [-0.15, -0.1) is 0 Å². The van der Waals surface area contributed by atoms with Crippen molar-refractivity contribution in [1.29, 1.82) is 0 Å². The van der Waals surface area contributed by atoms with Crippen molar-refractivity contribution < 1.29 is 13.2 Å². The Kier molecular flexibility index (Phi) is 3.95. The first-order valence-electron chi connectivity index (χ1n) is 4.04. The fraction of sp³-hybridized carbons (Fsp3) is 0.333.